The molecule has 0 fully saturated rings. The van der Waals surface area contributed by atoms with E-state index in [2.05, 4.69) is 0 Å². The molecule has 0 aliphatic carbocycles. The molecular weight excluding hydrogens is 292 g/mol. The first-order valence-corrected chi connectivity index (χ1v) is 7.86. The van der Waals surface area contributed by atoms with Crippen molar-refractivity contribution in [3.05, 3.63) is 53.6 Å². The molecule has 122 valence electrons. The van der Waals surface area contributed by atoms with Crippen molar-refractivity contribution in [3.8, 4) is 17.2 Å². The van der Waals surface area contributed by atoms with Crippen LogP contribution >= 0.6 is 0 Å². The monoisotopic (exact) mass is 314 g/mol. The van der Waals surface area contributed by atoms with Crippen molar-refractivity contribution in [2.45, 2.75) is 20.8 Å². The topological polar surface area (TPSA) is 44.8 Å². The van der Waals surface area contributed by atoms with Crippen molar-refractivity contribution >= 4 is 5.78 Å². The Labute approximate surface area is 137 Å². The molecule has 0 bridgehead atoms. The summed E-state index contributed by atoms with van der Waals surface area (Å²) in [6.07, 6.45) is 0. The van der Waals surface area contributed by atoms with Gasteiger partial charge < -0.3 is 14.2 Å². The lowest BCUT2D eigenvalue weighted by atomic mass is 10.0. The number of carbonyl (C=O) groups is 1. The van der Waals surface area contributed by atoms with E-state index in [1.54, 1.807) is 42.5 Å². The smallest absolute Gasteiger partial charge is 0.193 e. The second-order valence-corrected chi connectivity index (χ2v) is 4.85. The Morgan fingerprint density at radius 3 is 1.65 bits per heavy atom. The molecule has 2 aromatic carbocycles. The van der Waals surface area contributed by atoms with Gasteiger partial charge in [-0.15, -0.1) is 0 Å². The van der Waals surface area contributed by atoms with Crippen molar-refractivity contribution in [2.24, 2.45) is 0 Å². The van der Waals surface area contributed by atoms with E-state index < -0.39 is 0 Å². The van der Waals surface area contributed by atoms with Crippen LogP contribution in [0.5, 0.6) is 17.2 Å². The first-order chi connectivity index (χ1) is 11.2. The van der Waals surface area contributed by atoms with Crippen molar-refractivity contribution in [1.29, 1.82) is 0 Å². The van der Waals surface area contributed by atoms with E-state index in [0.29, 0.717) is 42.4 Å². The average Bonchev–Trinajstić information content (AvgIpc) is 2.56. The number of hydrogen-bond acceptors (Lipinski definition) is 4. The molecular formula is C19H22O4. The molecule has 23 heavy (non-hydrogen) atoms. The van der Waals surface area contributed by atoms with Crippen molar-refractivity contribution in [1.82, 2.24) is 0 Å². The van der Waals surface area contributed by atoms with E-state index in [-0.39, 0.29) is 5.78 Å². The molecule has 0 unspecified atom stereocenters. The minimum absolute atomic E-state index is 0.0736. The zero-order valence-corrected chi connectivity index (χ0v) is 13.8. The lowest BCUT2D eigenvalue weighted by Gasteiger charge is -2.10. The molecule has 0 saturated heterocycles. The van der Waals surface area contributed by atoms with Crippen LogP contribution in [-0.4, -0.2) is 25.6 Å². The number of ketones is 1. The largest absolute Gasteiger partial charge is 0.494 e. The molecule has 0 atom stereocenters. The Kier molecular flexibility index (Phi) is 6.03. The standard InChI is InChI=1S/C19H22O4/c1-4-21-16-9-7-14(8-10-16)19(20)15-11-17(22-5-2)13-18(12-15)23-6-3/h7-13H,4-6H2,1-3H3. The van der Waals surface area contributed by atoms with Crippen LogP contribution in [0.3, 0.4) is 0 Å². The highest BCUT2D eigenvalue weighted by molar-refractivity contribution is 6.09. The third-order valence-electron chi connectivity index (χ3n) is 3.19. The van der Waals surface area contributed by atoms with E-state index >= 15 is 0 Å². The van der Waals surface area contributed by atoms with Gasteiger partial charge in [-0.05, 0) is 57.2 Å². The first kappa shape index (κ1) is 16.9. The van der Waals surface area contributed by atoms with Gasteiger partial charge in [-0.1, -0.05) is 0 Å². The number of hydrogen-bond donors (Lipinski definition) is 0. The third kappa shape index (κ3) is 4.49. The Morgan fingerprint density at radius 1 is 0.696 bits per heavy atom. The second-order valence-electron chi connectivity index (χ2n) is 4.85. The molecule has 0 saturated carbocycles. The van der Waals surface area contributed by atoms with Crippen LogP contribution in [0, 0.1) is 0 Å². The second kappa shape index (κ2) is 8.22. The number of rotatable bonds is 8. The molecule has 0 aliphatic heterocycles. The molecule has 4 heteroatoms. The molecule has 0 N–H and O–H groups in total. The summed E-state index contributed by atoms with van der Waals surface area (Å²) in [5, 5.41) is 0. The highest BCUT2D eigenvalue weighted by atomic mass is 16.5. The summed E-state index contributed by atoms with van der Waals surface area (Å²) in [6.45, 7) is 7.40. The molecule has 0 spiro atoms. The molecule has 0 radical (unpaired) electrons. The van der Waals surface area contributed by atoms with Crippen molar-refractivity contribution in [2.75, 3.05) is 19.8 Å². The van der Waals surface area contributed by atoms with Crippen molar-refractivity contribution < 1.29 is 19.0 Å². The van der Waals surface area contributed by atoms with Gasteiger partial charge in [0.15, 0.2) is 5.78 Å². The summed E-state index contributed by atoms with van der Waals surface area (Å²) in [6, 6.07) is 12.4. The lowest BCUT2D eigenvalue weighted by molar-refractivity contribution is 0.103. The first-order valence-electron chi connectivity index (χ1n) is 7.86. The van der Waals surface area contributed by atoms with Crippen LogP contribution in [0.1, 0.15) is 36.7 Å². The summed E-state index contributed by atoms with van der Waals surface area (Å²) < 4.78 is 16.4. The maximum atomic E-state index is 12.7. The van der Waals surface area contributed by atoms with Gasteiger partial charge in [0.05, 0.1) is 19.8 Å². The van der Waals surface area contributed by atoms with Crippen molar-refractivity contribution in [3.63, 3.8) is 0 Å². The Morgan fingerprint density at radius 2 is 1.17 bits per heavy atom. The van der Waals surface area contributed by atoms with Gasteiger partial charge in [-0.25, -0.2) is 0 Å². The van der Waals surface area contributed by atoms with E-state index in [0.717, 1.165) is 5.75 Å². The van der Waals surface area contributed by atoms with Gasteiger partial charge >= 0.3 is 0 Å². The quantitative estimate of drug-likeness (QED) is 0.688. The van der Waals surface area contributed by atoms with Gasteiger partial charge in [0.2, 0.25) is 0 Å². The maximum Gasteiger partial charge on any atom is 0.193 e. The van der Waals surface area contributed by atoms with E-state index in [9.17, 15) is 4.79 Å². The van der Waals surface area contributed by atoms with Gasteiger partial charge in [-0.3, -0.25) is 4.79 Å². The number of ether oxygens (including phenoxy) is 3. The fourth-order valence-corrected chi connectivity index (χ4v) is 2.24. The zero-order valence-electron chi connectivity index (χ0n) is 13.8. The van der Waals surface area contributed by atoms with Crippen LogP contribution in [0.15, 0.2) is 42.5 Å². The minimum Gasteiger partial charge on any atom is -0.494 e. The Hall–Kier alpha value is -2.49. The van der Waals surface area contributed by atoms with Crippen LogP contribution in [0.25, 0.3) is 0 Å². The zero-order chi connectivity index (χ0) is 16.7. The summed E-state index contributed by atoms with van der Waals surface area (Å²) in [7, 11) is 0. The molecule has 2 rings (SSSR count). The third-order valence-corrected chi connectivity index (χ3v) is 3.19. The van der Waals surface area contributed by atoms with Crippen LogP contribution in [0.2, 0.25) is 0 Å². The summed E-state index contributed by atoms with van der Waals surface area (Å²) in [4.78, 5) is 12.7. The SMILES string of the molecule is CCOc1ccc(C(=O)c2cc(OCC)cc(OCC)c2)cc1. The van der Waals surface area contributed by atoms with Gasteiger partial charge in [-0.2, -0.15) is 0 Å². The predicted octanol–water partition coefficient (Wildman–Crippen LogP) is 4.11. The Bertz CT molecular complexity index is 623. The van der Waals surface area contributed by atoms with Gasteiger partial charge in [0.25, 0.3) is 0 Å². The van der Waals surface area contributed by atoms with Gasteiger partial charge in [0, 0.05) is 17.2 Å². The minimum atomic E-state index is -0.0736. The summed E-state index contributed by atoms with van der Waals surface area (Å²) in [5.74, 6) is 1.94. The van der Waals surface area contributed by atoms with Gasteiger partial charge in [0.1, 0.15) is 17.2 Å². The Balaban J connectivity index is 2.29. The molecule has 0 aromatic heterocycles. The maximum absolute atomic E-state index is 12.7. The number of benzene rings is 2. The molecule has 4 nitrogen and oxygen atoms in total. The van der Waals surface area contributed by atoms with E-state index in [1.165, 1.54) is 0 Å². The lowest BCUT2D eigenvalue weighted by Crippen LogP contribution is -2.04. The van der Waals surface area contributed by atoms with Crippen LogP contribution < -0.4 is 14.2 Å². The van der Waals surface area contributed by atoms with E-state index in [1.807, 2.05) is 20.8 Å². The molecule has 0 aliphatic rings. The molecule has 0 heterocycles. The fraction of sp³-hybridized carbons (Fsp3) is 0.316. The summed E-state index contributed by atoms with van der Waals surface area (Å²) >= 11 is 0. The fourth-order valence-electron chi connectivity index (χ4n) is 2.24. The number of carbonyl (C=O) groups excluding carboxylic acids is 1. The predicted molar refractivity (Wildman–Crippen MR) is 89.8 cm³/mol. The van der Waals surface area contributed by atoms with Crippen LogP contribution in [0.4, 0.5) is 0 Å². The van der Waals surface area contributed by atoms with E-state index in [4.69, 9.17) is 14.2 Å². The molecule has 0 amide bonds. The highest BCUT2D eigenvalue weighted by Gasteiger charge is 2.13. The normalized spacial score (nSPS) is 10.2. The molecule has 2 aromatic rings. The van der Waals surface area contributed by atoms with Crippen LogP contribution in [-0.2, 0) is 0 Å². The summed E-state index contributed by atoms with van der Waals surface area (Å²) in [5.41, 5.74) is 1.15. The highest BCUT2D eigenvalue weighted by Crippen LogP contribution is 2.25. The average molecular weight is 314 g/mol.